The predicted molar refractivity (Wildman–Crippen MR) is 34.8 cm³/mol. The summed E-state index contributed by atoms with van der Waals surface area (Å²) >= 11 is 0. The van der Waals surface area contributed by atoms with E-state index in [2.05, 4.69) is 23.4 Å². The lowest BCUT2D eigenvalue weighted by Crippen LogP contribution is -2.34. The predicted octanol–water partition coefficient (Wildman–Crippen LogP) is 0.950. The first kappa shape index (κ1) is 6.20. The molecule has 0 radical (unpaired) electrons. The van der Waals surface area contributed by atoms with E-state index >= 15 is 0 Å². The molecule has 0 atom stereocenters. The van der Waals surface area contributed by atoms with Gasteiger partial charge in [-0.05, 0) is 13.8 Å². The van der Waals surface area contributed by atoms with Crippen molar-refractivity contribution < 1.29 is 4.57 Å². The molecule has 2 nitrogen and oxygen atoms in total. The summed E-state index contributed by atoms with van der Waals surface area (Å²) < 4.78 is 2.10. The Bertz CT molecular complexity index is 170. The van der Waals surface area contributed by atoms with Gasteiger partial charge in [0.1, 0.15) is 0 Å². The standard InChI is InChI=1S/C7H11N2/c1-7(2)9-5-3-8-4-6-9/h3-7H,1-2H3/q+1. The van der Waals surface area contributed by atoms with E-state index < -0.39 is 0 Å². The van der Waals surface area contributed by atoms with E-state index in [1.165, 1.54) is 0 Å². The van der Waals surface area contributed by atoms with Crippen LogP contribution in [-0.4, -0.2) is 4.98 Å². The second kappa shape index (κ2) is 2.58. The molecule has 9 heavy (non-hydrogen) atoms. The first-order valence-electron chi connectivity index (χ1n) is 3.11. The highest BCUT2D eigenvalue weighted by Crippen LogP contribution is 1.86. The SMILES string of the molecule is CC(C)[n+]1ccncc1. The van der Waals surface area contributed by atoms with Crippen LogP contribution in [0.4, 0.5) is 0 Å². The van der Waals surface area contributed by atoms with Gasteiger partial charge in [-0.15, -0.1) is 0 Å². The molecule has 0 bridgehead atoms. The lowest BCUT2D eigenvalue weighted by Gasteiger charge is -1.95. The zero-order valence-corrected chi connectivity index (χ0v) is 5.78. The molecule has 0 saturated heterocycles. The Morgan fingerprint density at radius 1 is 1.22 bits per heavy atom. The van der Waals surface area contributed by atoms with Crippen LogP contribution in [0, 0.1) is 0 Å². The number of aromatic nitrogens is 2. The van der Waals surface area contributed by atoms with Gasteiger partial charge < -0.3 is 0 Å². The van der Waals surface area contributed by atoms with Gasteiger partial charge >= 0.3 is 0 Å². The Kier molecular flexibility index (Phi) is 1.78. The fourth-order valence-corrected chi connectivity index (χ4v) is 0.675. The molecule has 0 spiro atoms. The van der Waals surface area contributed by atoms with Gasteiger partial charge in [-0.25, -0.2) is 4.57 Å². The summed E-state index contributed by atoms with van der Waals surface area (Å²) in [7, 11) is 0. The van der Waals surface area contributed by atoms with Crippen LogP contribution >= 0.6 is 0 Å². The minimum absolute atomic E-state index is 0.535. The molecule has 0 unspecified atom stereocenters. The van der Waals surface area contributed by atoms with Crippen molar-refractivity contribution in [1.82, 2.24) is 4.98 Å². The molecule has 1 rings (SSSR count). The van der Waals surface area contributed by atoms with Gasteiger partial charge in [0.2, 0.25) is 0 Å². The van der Waals surface area contributed by atoms with Gasteiger partial charge in [-0.1, -0.05) is 0 Å². The van der Waals surface area contributed by atoms with E-state index in [4.69, 9.17) is 0 Å². The van der Waals surface area contributed by atoms with Crippen molar-refractivity contribution in [2.45, 2.75) is 19.9 Å². The van der Waals surface area contributed by atoms with Crippen LogP contribution < -0.4 is 4.57 Å². The van der Waals surface area contributed by atoms with Crippen molar-refractivity contribution >= 4 is 0 Å². The number of rotatable bonds is 1. The van der Waals surface area contributed by atoms with Gasteiger partial charge in [-0.2, -0.15) is 0 Å². The molecule has 0 saturated carbocycles. The summed E-state index contributed by atoms with van der Waals surface area (Å²) in [6.45, 7) is 4.28. The van der Waals surface area contributed by atoms with Gasteiger partial charge in [0.15, 0.2) is 18.4 Å². The maximum Gasteiger partial charge on any atom is 0.187 e. The van der Waals surface area contributed by atoms with Crippen molar-refractivity contribution in [3.8, 4) is 0 Å². The Morgan fingerprint density at radius 2 is 1.78 bits per heavy atom. The van der Waals surface area contributed by atoms with E-state index in [1.54, 1.807) is 12.4 Å². The van der Waals surface area contributed by atoms with Crippen molar-refractivity contribution in [3.05, 3.63) is 24.8 Å². The number of nitrogens with zero attached hydrogens (tertiary/aromatic N) is 2. The minimum atomic E-state index is 0.535. The molecule has 0 N–H and O–H groups in total. The van der Waals surface area contributed by atoms with Crippen LogP contribution in [0.3, 0.4) is 0 Å². The molecule has 2 heteroatoms. The summed E-state index contributed by atoms with van der Waals surface area (Å²) in [6, 6.07) is 0.535. The lowest BCUT2D eigenvalue weighted by atomic mass is 10.4. The van der Waals surface area contributed by atoms with Crippen molar-refractivity contribution in [1.29, 1.82) is 0 Å². The summed E-state index contributed by atoms with van der Waals surface area (Å²) in [4.78, 5) is 3.91. The largest absolute Gasteiger partial charge is 0.252 e. The Hall–Kier alpha value is -0.920. The van der Waals surface area contributed by atoms with E-state index in [0.29, 0.717) is 6.04 Å². The molecular weight excluding hydrogens is 112 g/mol. The van der Waals surface area contributed by atoms with Crippen LogP contribution in [0.25, 0.3) is 0 Å². The van der Waals surface area contributed by atoms with Crippen LogP contribution in [-0.2, 0) is 0 Å². The molecule has 1 aromatic rings. The third kappa shape index (κ3) is 1.49. The second-order valence-electron chi connectivity index (χ2n) is 2.29. The zero-order chi connectivity index (χ0) is 6.69. The van der Waals surface area contributed by atoms with Crippen LogP contribution in [0.2, 0.25) is 0 Å². The summed E-state index contributed by atoms with van der Waals surface area (Å²) in [5, 5.41) is 0. The monoisotopic (exact) mass is 123 g/mol. The molecule has 0 amide bonds. The van der Waals surface area contributed by atoms with Crippen molar-refractivity contribution in [3.63, 3.8) is 0 Å². The Labute approximate surface area is 55.2 Å². The second-order valence-corrected chi connectivity index (χ2v) is 2.29. The van der Waals surface area contributed by atoms with Gasteiger partial charge in [0.25, 0.3) is 0 Å². The van der Waals surface area contributed by atoms with Crippen LogP contribution in [0.5, 0.6) is 0 Å². The molecule has 0 fully saturated rings. The van der Waals surface area contributed by atoms with Gasteiger partial charge in [0, 0.05) is 0 Å². The maximum atomic E-state index is 3.91. The minimum Gasteiger partial charge on any atom is -0.252 e. The fourth-order valence-electron chi connectivity index (χ4n) is 0.675. The zero-order valence-electron chi connectivity index (χ0n) is 5.78. The molecule has 0 aromatic carbocycles. The molecule has 1 aromatic heterocycles. The first-order valence-corrected chi connectivity index (χ1v) is 3.11. The molecule has 0 aliphatic heterocycles. The normalized spacial score (nSPS) is 10.1. The first-order chi connectivity index (χ1) is 4.30. The summed E-state index contributed by atoms with van der Waals surface area (Å²) in [6.07, 6.45) is 7.51. The van der Waals surface area contributed by atoms with E-state index in [9.17, 15) is 0 Å². The summed E-state index contributed by atoms with van der Waals surface area (Å²) in [5.41, 5.74) is 0. The third-order valence-corrected chi connectivity index (χ3v) is 1.25. The van der Waals surface area contributed by atoms with E-state index in [-0.39, 0.29) is 0 Å². The van der Waals surface area contributed by atoms with Crippen LogP contribution in [0.15, 0.2) is 24.8 Å². The van der Waals surface area contributed by atoms with Crippen molar-refractivity contribution in [2.24, 2.45) is 0 Å². The maximum absolute atomic E-state index is 3.91. The average Bonchev–Trinajstić information content (AvgIpc) is 1.90. The summed E-state index contributed by atoms with van der Waals surface area (Å²) in [5.74, 6) is 0. The lowest BCUT2D eigenvalue weighted by molar-refractivity contribution is -0.716. The highest BCUT2D eigenvalue weighted by atomic mass is 15.0. The quantitative estimate of drug-likeness (QED) is 0.508. The smallest absolute Gasteiger partial charge is 0.187 e. The Balaban J connectivity index is 2.85. The average molecular weight is 123 g/mol. The van der Waals surface area contributed by atoms with Crippen LogP contribution in [0.1, 0.15) is 19.9 Å². The molecule has 48 valence electrons. The van der Waals surface area contributed by atoms with Crippen molar-refractivity contribution in [2.75, 3.05) is 0 Å². The Morgan fingerprint density at radius 3 is 2.11 bits per heavy atom. The molecule has 0 aliphatic carbocycles. The van der Waals surface area contributed by atoms with E-state index in [1.807, 2.05) is 12.4 Å². The highest BCUT2D eigenvalue weighted by Gasteiger charge is 2.00. The van der Waals surface area contributed by atoms with Gasteiger partial charge in [-0.3, -0.25) is 4.98 Å². The highest BCUT2D eigenvalue weighted by molar-refractivity contribution is 4.63. The number of hydrogen-bond donors (Lipinski definition) is 0. The fraction of sp³-hybridized carbons (Fsp3) is 0.429. The number of hydrogen-bond acceptors (Lipinski definition) is 1. The molecular formula is C7H11N2+. The molecule has 1 heterocycles. The van der Waals surface area contributed by atoms with Gasteiger partial charge in [0.05, 0.1) is 12.4 Å². The van der Waals surface area contributed by atoms with E-state index in [0.717, 1.165) is 0 Å². The molecule has 0 aliphatic rings. The third-order valence-electron chi connectivity index (χ3n) is 1.25. The topological polar surface area (TPSA) is 16.8 Å².